The molecule has 2 rings (SSSR count). The van der Waals surface area contributed by atoms with Crippen LogP contribution in [0.2, 0.25) is 0 Å². The van der Waals surface area contributed by atoms with E-state index in [1.807, 2.05) is 0 Å². The molecule has 14 heteroatoms. The van der Waals surface area contributed by atoms with E-state index in [2.05, 4.69) is 20.6 Å². The number of aromatic nitrogens is 2. The first-order valence-electron chi connectivity index (χ1n) is 9.09. The number of nitrogen functional groups attached to an aromatic ring is 1. The number of anilines is 3. The minimum absolute atomic E-state index is 0.0220. The number of nitrogens with zero attached hydrogens (tertiary/aromatic N) is 2. The molecular weight excluding hydrogens is 402 g/mol. The highest BCUT2D eigenvalue weighted by atomic mass is 16.4. The highest BCUT2D eigenvalue weighted by Crippen LogP contribution is 2.29. The van der Waals surface area contributed by atoms with Gasteiger partial charge in [-0.1, -0.05) is 0 Å². The number of aromatic amines is 1. The van der Waals surface area contributed by atoms with Gasteiger partial charge in [0.15, 0.2) is 11.5 Å². The van der Waals surface area contributed by atoms with Crippen LogP contribution in [0, 0.1) is 0 Å². The van der Waals surface area contributed by atoms with E-state index < -0.39 is 54.2 Å². The molecule has 0 radical (unpaired) electrons. The minimum atomic E-state index is -1.39. The number of aliphatic carboxylic acids is 1. The summed E-state index contributed by atoms with van der Waals surface area (Å²) in [5, 5.41) is 33.6. The summed E-state index contributed by atoms with van der Waals surface area (Å²) >= 11 is 0. The summed E-state index contributed by atoms with van der Waals surface area (Å²) in [6, 6.07) is -2.17. The molecule has 0 aliphatic carbocycles. The fraction of sp³-hybridized carbons (Fsp3) is 0.562. The summed E-state index contributed by atoms with van der Waals surface area (Å²) in [6.07, 6.45) is -3.05. The SMILES string of the molecule is C[C@H](O)[C@H](O)[C@H]1CNc2nc(N)[nH]c(=O)c2N1C(=O)CC[C@@H](N)C(=O)NCC(=O)O. The van der Waals surface area contributed by atoms with Crippen LogP contribution in [-0.2, 0) is 14.4 Å². The number of carbonyl (C=O) groups excluding carboxylic acids is 2. The summed E-state index contributed by atoms with van der Waals surface area (Å²) in [6.45, 7) is 0.694. The number of H-pyrrole nitrogens is 1. The Morgan fingerprint density at radius 1 is 1.37 bits per heavy atom. The summed E-state index contributed by atoms with van der Waals surface area (Å²) in [5.41, 5.74) is 10.3. The molecule has 0 aromatic carbocycles. The molecule has 0 saturated carbocycles. The van der Waals surface area contributed by atoms with Crippen LogP contribution in [-0.4, -0.2) is 80.5 Å². The Bertz CT molecular complexity index is 872. The van der Waals surface area contributed by atoms with Gasteiger partial charge in [-0.3, -0.25) is 29.1 Å². The lowest BCUT2D eigenvalue weighted by Gasteiger charge is -2.39. The normalized spacial score (nSPS) is 18.5. The quantitative estimate of drug-likeness (QED) is 0.203. The number of aliphatic hydroxyl groups is 2. The third-order valence-corrected chi connectivity index (χ3v) is 4.54. The van der Waals surface area contributed by atoms with Crippen molar-refractivity contribution < 1.29 is 29.7 Å². The lowest BCUT2D eigenvalue weighted by Crippen LogP contribution is -2.58. The number of nitrogens with two attached hydrogens (primary N) is 2. The van der Waals surface area contributed by atoms with Crippen molar-refractivity contribution in [3.05, 3.63) is 10.4 Å². The first-order chi connectivity index (χ1) is 14.0. The van der Waals surface area contributed by atoms with Gasteiger partial charge in [0.05, 0.1) is 18.2 Å². The molecule has 14 nitrogen and oxygen atoms in total. The van der Waals surface area contributed by atoms with Crippen LogP contribution in [0.25, 0.3) is 0 Å². The molecule has 166 valence electrons. The van der Waals surface area contributed by atoms with Gasteiger partial charge in [0.25, 0.3) is 5.56 Å². The van der Waals surface area contributed by atoms with E-state index in [0.29, 0.717) is 0 Å². The summed E-state index contributed by atoms with van der Waals surface area (Å²) in [4.78, 5) is 54.9. The summed E-state index contributed by atoms with van der Waals surface area (Å²) < 4.78 is 0. The highest BCUT2D eigenvalue weighted by molar-refractivity contribution is 5.98. The number of hydrogen-bond donors (Lipinski definition) is 8. The topological polar surface area (TPSA) is 237 Å². The maximum atomic E-state index is 12.9. The van der Waals surface area contributed by atoms with E-state index >= 15 is 0 Å². The van der Waals surface area contributed by atoms with Gasteiger partial charge in [0.1, 0.15) is 12.6 Å². The zero-order chi connectivity index (χ0) is 22.6. The molecule has 1 aliphatic heterocycles. The van der Waals surface area contributed by atoms with Crippen LogP contribution in [0.1, 0.15) is 19.8 Å². The van der Waals surface area contributed by atoms with Crippen molar-refractivity contribution in [1.29, 1.82) is 0 Å². The van der Waals surface area contributed by atoms with Gasteiger partial charge in [0.2, 0.25) is 17.8 Å². The Morgan fingerprint density at radius 2 is 2.03 bits per heavy atom. The van der Waals surface area contributed by atoms with Gasteiger partial charge < -0.3 is 37.4 Å². The van der Waals surface area contributed by atoms with E-state index in [9.17, 15) is 29.4 Å². The van der Waals surface area contributed by atoms with E-state index in [0.717, 1.165) is 4.90 Å². The molecule has 4 atom stereocenters. The van der Waals surface area contributed by atoms with E-state index in [4.69, 9.17) is 16.6 Å². The molecule has 10 N–H and O–H groups in total. The standard InChI is InChI=1S/C16H25N7O7/c1-6(24)12(28)8-4-19-13-11(15(30)22-16(18)21-13)23(8)9(25)3-2-7(17)14(29)20-5-10(26)27/h6-8,12,24,28H,2-5,17H2,1H3,(H,20,29)(H,26,27)(H4,18,19,21,22,30)/t6-,7+,8+,12-/m0/s1. The lowest BCUT2D eigenvalue weighted by atomic mass is 10.0. The molecule has 0 fully saturated rings. The lowest BCUT2D eigenvalue weighted by molar-refractivity contribution is -0.138. The molecule has 1 aromatic rings. The molecule has 0 spiro atoms. The predicted octanol–water partition coefficient (Wildman–Crippen LogP) is -3.47. The largest absolute Gasteiger partial charge is 0.480 e. The summed E-state index contributed by atoms with van der Waals surface area (Å²) in [7, 11) is 0. The molecular formula is C16H25N7O7. The minimum Gasteiger partial charge on any atom is -0.480 e. The molecule has 0 saturated heterocycles. The number of amides is 2. The number of aliphatic hydroxyl groups excluding tert-OH is 2. The van der Waals surface area contributed by atoms with Crippen LogP contribution in [0.15, 0.2) is 4.79 Å². The van der Waals surface area contributed by atoms with Crippen LogP contribution < -0.4 is 32.6 Å². The second-order valence-corrected chi connectivity index (χ2v) is 6.85. The Kier molecular flexibility index (Phi) is 7.31. The number of carbonyl (C=O) groups is 3. The van der Waals surface area contributed by atoms with Crippen molar-refractivity contribution >= 4 is 35.2 Å². The highest BCUT2D eigenvalue weighted by Gasteiger charge is 2.39. The first-order valence-corrected chi connectivity index (χ1v) is 9.09. The monoisotopic (exact) mass is 427 g/mol. The first kappa shape index (κ1) is 23.1. The molecule has 30 heavy (non-hydrogen) atoms. The number of hydrogen-bond acceptors (Lipinski definition) is 10. The number of nitrogens with one attached hydrogen (secondary N) is 3. The van der Waals surface area contributed by atoms with Crippen molar-refractivity contribution in [3.8, 4) is 0 Å². The van der Waals surface area contributed by atoms with Gasteiger partial charge in [-0.15, -0.1) is 0 Å². The second-order valence-electron chi connectivity index (χ2n) is 6.85. The van der Waals surface area contributed by atoms with Crippen molar-refractivity contribution in [2.75, 3.05) is 29.0 Å². The number of carboxylic acid groups (broad SMARTS) is 1. The van der Waals surface area contributed by atoms with E-state index in [-0.39, 0.29) is 36.8 Å². The van der Waals surface area contributed by atoms with Gasteiger partial charge >= 0.3 is 5.97 Å². The third kappa shape index (κ3) is 5.22. The van der Waals surface area contributed by atoms with Crippen LogP contribution in [0.3, 0.4) is 0 Å². The predicted molar refractivity (Wildman–Crippen MR) is 105 cm³/mol. The van der Waals surface area contributed by atoms with Crippen molar-refractivity contribution in [2.45, 2.75) is 44.1 Å². The maximum absolute atomic E-state index is 12.9. The van der Waals surface area contributed by atoms with Crippen LogP contribution in [0.4, 0.5) is 17.5 Å². The van der Waals surface area contributed by atoms with Crippen molar-refractivity contribution in [2.24, 2.45) is 5.73 Å². The van der Waals surface area contributed by atoms with E-state index in [1.54, 1.807) is 0 Å². The smallest absolute Gasteiger partial charge is 0.322 e. The second kappa shape index (κ2) is 9.51. The van der Waals surface area contributed by atoms with Gasteiger partial charge in [-0.25, -0.2) is 0 Å². The average Bonchev–Trinajstić information content (AvgIpc) is 2.68. The van der Waals surface area contributed by atoms with Gasteiger partial charge in [-0.05, 0) is 13.3 Å². The van der Waals surface area contributed by atoms with Crippen molar-refractivity contribution in [3.63, 3.8) is 0 Å². The zero-order valence-corrected chi connectivity index (χ0v) is 16.2. The van der Waals surface area contributed by atoms with Crippen LogP contribution in [0.5, 0.6) is 0 Å². The molecule has 1 aromatic heterocycles. The molecule has 1 aliphatic rings. The summed E-state index contributed by atoms with van der Waals surface area (Å²) in [5.74, 6) is -2.79. The third-order valence-electron chi connectivity index (χ3n) is 4.54. The Hall–Kier alpha value is -3.23. The Morgan fingerprint density at radius 3 is 2.63 bits per heavy atom. The Balaban J connectivity index is 2.24. The van der Waals surface area contributed by atoms with Gasteiger partial charge in [0, 0.05) is 13.0 Å². The number of rotatable bonds is 8. The van der Waals surface area contributed by atoms with Gasteiger partial charge in [-0.2, -0.15) is 4.98 Å². The Labute approximate surface area is 170 Å². The van der Waals surface area contributed by atoms with E-state index in [1.165, 1.54) is 6.92 Å². The van der Waals surface area contributed by atoms with Crippen molar-refractivity contribution in [1.82, 2.24) is 15.3 Å². The molecule has 2 heterocycles. The van der Waals surface area contributed by atoms with Crippen LogP contribution >= 0.6 is 0 Å². The molecule has 0 unspecified atom stereocenters. The molecule has 2 amide bonds. The maximum Gasteiger partial charge on any atom is 0.322 e. The average molecular weight is 427 g/mol. The fourth-order valence-corrected chi connectivity index (χ4v) is 3.02. The fourth-order valence-electron chi connectivity index (χ4n) is 3.02. The number of fused-ring (bicyclic) bond motifs is 1. The zero-order valence-electron chi connectivity index (χ0n) is 16.2. The number of carboxylic acids is 1. The molecule has 0 bridgehead atoms.